The number of hydrogen-bond acceptors (Lipinski definition) is 5. The van der Waals surface area contributed by atoms with E-state index in [1.807, 2.05) is 0 Å². The van der Waals surface area contributed by atoms with Crippen molar-refractivity contribution in [1.82, 2.24) is 0 Å². The van der Waals surface area contributed by atoms with Crippen molar-refractivity contribution in [3.8, 4) is 5.75 Å². The molecule has 0 atom stereocenters. The summed E-state index contributed by atoms with van der Waals surface area (Å²) in [6.07, 6.45) is 0. The molecule has 1 aromatic rings. The number of nitrogens with zero attached hydrogens (tertiary/aromatic N) is 1. The van der Waals surface area contributed by atoms with Crippen LogP contribution in [-0.2, 0) is 10.2 Å². The molecular weight excluding hydrogens is 248 g/mol. The average molecular weight is 253 g/mol. The van der Waals surface area contributed by atoms with Gasteiger partial charge in [-0.3, -0.25) is 10.1 Å². The zero-order chi connectivity index (χ0) is 12.5. The minimum Gasteiger partial charge on any atom is -0.490 e. The van der Waals surface area contributed by atoms with E-state index in [9.17, 15) is 26.8 Å². The predicted molar refractivity (Wildman–Crippen MR) is 47.9 cm³/mol. The van der Waals surface area contributed by atoms with Gasteiger partial charge in [0.1, 0.15) is 10.7 Å². The number of nitro groups is 1. The second-order valence-electron chi connectivity index (χ2n) is 2.65. The van der Waals surface area contributed by atoms with Crippen molar-refractivity contribution in [3.05, 3.63) is 28.1 Å². The van der Waals surface area contributed by atoms with E-state index in [0.717, 1.165) is 7.11 Å². The number of benzene rings is 1. The van der Waals surface area contributed by atoms with Gasteiger partial charge in [-0.05, 0) is 0 Å². The number of methoxy groups -OCH3 is 1. The molecule has 0 amide bonds. The highest BCUT2D eigenvalue weighted by Crippen LogP contribution is 2.32. The normalized spacial score (nSPS) is 11.2. The Kier molecular flexibility index (Phi) is 3.08. The van der Waals surface area contributed by atoms with Gasteiger partial charge in [0.25, 0.3) is 0 Å². The van der Waals surface area contributed by atoms with Crippen LogP contribution in [0.15, 0.2) is 17.0 Å². The molecule has 0 saturated carbocycles. The number of ether oxygens (including phenoxy) is 1. The van der Waals surface area contributed by atoms with E-state index in [2.05, 4.69) is 4.74 Å². The molecule has 0 radical (unpaired) electrons. The quantitative estimate of drug-likeness (QED) is 0.461. The summed E-state index contributed by atoms with van der Waals surface area (Å²) in [6.45, 7) is 0. The molecule has 0 fully saturated rings. The summed E-state index contributed by atoms with van der Waals surface area (Å²) < 4.78 is 51.0. The summed E-state index contributed by atoms with van der Waals surface area (Å²) in [7, 11) is -4.32. The van der Waals surface area contributed by atoms with Crippen LogP contribution >= 0.6 is 0 Å². The van der Waals surface area contributed by atoms with Gasteiger partial charge in [0.2, 0.25) is 0 Å². The van der Waals surface area contributed by atoms with Crippen LogP contribution in [0.5, 0.6) is 5.75 Å². The number of rotatable bonds is 3. The topological polar surface area (TPSA) is 86.5 Å². The summed E-state index contributed by atoms with van der Waals surface area (Å²) in [5.41, 5.74) is -0.833. The van der Waals surface area contributed by atoms with Crippen molar-refractivity contribution in [1.29, 1.82) is 0 Å². The molecule has 0 aliphatic rings. The van der Waals surface area contributed by atoms with Gasteiger partial charge in [0.05, 0.1) is 12.0 Å². The SMILES string of the molecule is COc1cc(F)c(S(=O)(=O)F)cc1[N+](=O)[O-]. The van der Waals surface area contributed by atoms with Crippen LogP contribution < -0.4 is 4.74 Å². The highest BCUT2D eigenvalue weighted by atomic mass is 32.3. The van der Waals surface area contributed by atoms with Gasteiger partial charge in [-0.15, -0.1) is 3.89 Å². The van der Waals surface area contributed by atoms with E-state index in [-0.39, 0.29) is 6.07 Å². The lowest BCUT2D eigenvalue weighted by Gasteiger charge is -2.03. The summed E-state index contributed by atoms with van der Waals surface area (Å²) in [5, 5.41) is 10.5. The Balaban J connectivity index is 3.58. The fraction of sp³-hybridized carbons (Fsp3) is 0.143. The fourth-order valence-electron chi connectivity index (χ4n) is 1.02. The van der Waals surface area contributed by atoms with Crippen LogP contribution in [0.1, 0.15) is 0 Å². The Morgan fingerprint density at radius 3 is 2.38 bits per heavy atom. The van der Waals surface area contributed by atoms with Crippen LogP contribution in [0.2, 0.25) is 0 Å². The monoisotopic (exact) mass is 253 g/mol. The molecule has 0 spiro atoms. The molecule has 0 saturated heterocycles. The molecule has 1 rings (SSSR count). The minimum atomic E-state index is -5.35. The Morgan fingerprint density at radius 2 is 2.00 bits per heavy atom. The van der Waals surface area contributed by atoms with Gasteiger partial charge < -0.3 is 4.74 Å². The third-order valence-corrected chi connectivity index (χ3v) is 2.53. The smallest absolute Gasteiger partial charge is 0.335 e. The minimum absolute atomic E-state index is 0.267. The summed E-state index contributed by atoms with van der Waals surface area (Å²) in [6, 6.07) is 0.702. The largest absolute Gasteiger partial charge is 0.490 e. The number of hydrogen-bond donors (Lipinski definition) is 0. The molecule has 1 aromatic carbocycles. The van der Waals surface area contributed by atoms with Gasteiger partial charge in [-0.1, -0.05) is 0 Å². The first-order valence-electron chi connectivity index (χ1n) is 3.74. The first-order valence-corrected chi connectivity index (χ1v) is 5.12. The maximum Gasteiger partial charge on any atom is 0.335 e. The fourth-order valence-corrected chi connectivity index (χ4v) is 1.56. The average Bonchev–Trinajstić information content (AvgIpc) is 2.14. The third kappa shape index (κ3) is 2.24. The standard InChI is InChI=1S/C7H5F2NO5S/c1-15-6-2-4(8)7(16(9,13)14)3-5(6)10(11)12/h2-3H,1H3. The zero-order valence-electron chi connectivity index (χ0n) is 7.81. The van der Waals surface area contributed by atoms with Gasteiger partial charge in [0, 0.05) is 12.1 Å². The maximum absolute atomic E-state index is 13.1. The molecule has 0 heterocycles. The first-order chi connectivity index (χ1) is 7.27. The van der Waals surface area contributed by atoms with Crippen LogP contribution in [0.3, 0.4) is 0 Å². The summed E-state index contributed by atoms with van der Waals surface area (Å²) >= 11 is 0. The van der Waals surface area contributed by atoms with E-state index in [0.29, 0.717) is 6.07 Å². The van der Waals surface area contributed by atoms with Crippen LogP contribution in [0.25, 0.3) is 0 Å². The molecule has 88 valence electrons. The van der Waals surface area contributed by atoms with E-state index < -0.39 is 37.3 Å². The Morgan fingerprint density at radius 1 is 1.44 bits per heavy atom. The third-order valence-electron chi connectivity index (χ3n) is 1.69. The van der Waals surface area contributed by atoms with Gasteiger partial charge in [-0.25, -0.2) is 4.39 Å². The molecule has 6 nitrogen and oxygen atoms in total. The first kappa shape index (κ1) is 12.3. The predicted octanol–water partition coefficient (Wildman–Crippen LogP) is 1.40. The van der Waals surface area contributed by atoms with Crippen molar-refractivity contribution in [3.63, 3.8) is 0 Å². The summed E-state index contributed by atoms with van der Waals surface area (Å²) in [4.78, 5) is 8.06. The Bertz CT molecular complexity index is 542. The highest BCUT2D eigenvalue weighted by Gasteiger charge is 2.26. The van der Waals surface area contributed by atoms with Gasteiger partial charge in [-0.2, -0.15) is 8.42 Å². The van der Waals surface area contributed by atoms with Crippen molar-refractivity contribution in [2.24, 2.45) is 0 Å². The zero-order valence-corrected chi connectivity index (χ0v) is 8.62. The van der Waals surface area contributed by atoms with Gasteiger partial charge in [0.15, 0.2) is 5.75 Å². The molecule has 16 heavy (non-hydrogen) atoms. The van der Waals surface area contributed by atoms with Crippen LogP contribution in [0.4, 0.5) is 14.0 Å². The molecule has 9 heteroatoms. The second kappa shape index (κ2) is 4.00. The van der Waals surface area contributed by atoms with Gasteiger partial charge >= 0.3 is 15.9 Å². The molecule has 0 bridgehead atoms. The van der Waals surface area contributed by atoms with Crippen molar-refractivity contribution in [2.75, 3.05) is 7.11 Å². The van der Waals surface area contributed by atoms with E-state index >= 15 is 0 Å². The number of nitro benzene ring substituents is 1. The van der Waals surface area contributed by atoms with Crippen molar-refractivity contribution < 1.29 is 26.4 Å². The molecule has 0 unspecified atom stereocenters. The van der Waals surface area contributed by atoms with E-state index in [4.69, 9.17) is 0 Å². The molecule has 0 aromatic heterocycles. The van der Waals surface area contributed by atoms with Crippen molar-refractivity contribution >= 4 is 15.9 Å². The second-order valence-corrected chi connectivity index (χ2v) is 3.96. The Labute approximate surface area is 88.8 Å². The van der Waals surface area contributed by atoms with Crippen LogP contribution in [-0.4, -0.2) is 20.5 Å². The molecule has 0 N–H and O–H groups in total. The van der Waals surface area contributed by atoms with E-state index in [1.54, 1.807) is 0 Å². The maximum atomic E-state index is 13.1. The van der Waals surface area contributed by atoms with Crippen LogP contribution in [0, 0.1) is 15.9 Å². The molecule has 0 aliphatic heterocycles. The van der Waals surface area contributed by atoms with E-state index in [1.165, 1.54) is 0 Å². The summed E-state index contributed by atoms with van der Waals surface area (Å²) in [5.74, 6) is -1.94. The molecule has 0 aliphatic carbocycles. The Hall–Kier alpha value is -1.77. The number of halogens is 2. The van der Waals surface area contributed by atoms with Crippen molar-refractivity contribution in [2.45, 2.75) is 4.90 Å². The lowest BCUT2D eigenvalue weighted by Crippen LogP contribution is -2.01. The lowest BCUT2D eigenvalue weighted by atomic mass is 10.3. The molecular formula is C7H5F2NO5S. The lowest BCUT2D eigenvalue weighted by molar-refractivity contribution is -0.386. The highest BCUT2D eigenvalue weighted by molar-refractivity contribution is 7.86.